The van der Waals surface area contributed by atoms with Gasteiger partial charge in [-0.3, -0.25) is 0 Å². The number of nitrogens with two attached hydrogens (primary N) is 1. The van der Waals surface area contributed by atoms with Gasteiger partial charge in [-0.1, -0.05) is 12.1 Å². The zero-order valence-corrected chi connectivity index (χ0v) is 12.3. The van der Waals surface area contributed by atoms with Crippen LogP contribution in [0.25, 0.3) is 0 Å². The Hall–Kier alpha value is -1.00. The molecule has 19 heavy (non-hydrogen) atoms. The molecule has 0 heterocycles. The van der Waals surface area contributed by atoms with Gasteiger partial charge in [0.25, 0.3) is 0 Å². The summed E-state index contributed by atoms with van der Waals surface area (Å²) >= 11 is 0. The van der Waals surface area contributed by atoms with Crippen LogP contribution in [0.15, 0.2) is 34.1 Å². The van der Waals surface area contributed by atoms with Gasteiger partial charge in [-0.05, 0) is 12.1 Å². The summed E-state index contributed by atoms with van der Waals surface area (Å²) in [5.41, 5.74) is 5.23. The first kappa shape index (κ1) is 16.1. The largest absolute Gasteiger partial charge is 0.329 e. The molecule has 0 atom stereocenters. The van der Waals surface area contributed by atoms with E-state index in [0.29, 0.717) is 0 Å². The minimum Gasteiger partial charge on any atom is -0.329 e. The van der Waals surface area contributed by atoms with E-state index in [1.54, 1.807) is 0 Å². The second kappa shape index (κ2) is 5.97. The lowest BCUT2D eigenvalue weighted by atomic mass is 10.4. The molecule has 0 aliphatic rings. The molecule has 0 spiro atoms. The van der Waals surface area contributed by atoms with E-state index in [4.69, 9.17) is 5.73 Å². The van der Waals surface area contributed by atoms with E-state index in [0.717, 1.165) is 4.31 Å². The van der Waals surface area contributed by atoms with Crippen LogP contribution in [0.4, 0.5) is 0 Å². The molecule has 108 valence electrons. The van der Waals surface area contributed by atoms with Crippen molar-refractivity contribution < 1.29 is 16.8 Å². The molecule has 1 rings (SSSR count). The van der Waals surface area contributed by atoms with Crippen molar-refractivity contribution >= 4 is 20.0 Å². The minimum atomic E-state index is -3.91. The van der Waals surface area contributed by atoms with Crippen LogP contribution >= 0.6 is 0 Å². The molecular weight excluding hydrogens is 290 g/mol. The predicted octanol–water partition coefficient (Wildman–Crippen LogP) is -0.826. The van der Waals surface area contributed by atoms with Crippen LogP contribution in [-0.2, 0) is 20.0 Å². The molecule has 0 unspecified atom stereocenters. The smallest absolute Gasteiger partial charge is 0.243 e. The van der Waals surface area contributed by atoms with Crippen molar-refractivity contribution in [3.8, 4) is 0 Å². The van der Waals surface area contributed by atoms with Crippen LogP contribution in [0, 0.1) is 0 Å². The number of rotatable bonds is 6. The number of benzene rings is 1. The Bertz CT molecular complexity index is 638. The van der Waals surface area contributed by atoms with Crippen LogP contribution in [0.1, 0.15) is 0 Å². The van der Waals surface area contributed by atoms with Crippen LogP contribution in [0.3, 0.4) is 0 Å². The maximum Gasteiger partial charge on any atom is 0.243 e. The first-order valence-electron chi connectivity index (χ1n) is 5.45. The van der Waals surface area contributed by atoms with E-state index in [-0.39, 0.29) is 22.9 Å². The third kappa shape index (κ3) is 3.51. The fourth-order valence-corrected chi connectivity index (χ4v) is 4.10. The van der Waals surface area contributed by atoms with Gasteiger partial charge in [0.15, 0.2) is 0 Å². The van der Waals surface area contributed by atoms with Gasteiger partial charge in [0.1, 0.15) is 9.79 Å². The normalized spacial score (nSPS) is 12.8. The van der Waals surface area contributed by atoms with Crippen molar-refractivity contribution in [2.75, 3.05) is 27.2 Å². The molecule has 0 aliphatic carbocycles. The first-order chi connectivity index (χ1) is 8.73. The average Bonchev–Trinajstić information content (AvgIpc) is 2.36. The van der Waals surface area contributed by atoms with Crippen LogP contribution in [0.2, 0.25) is 0 Å². The SMILES string of the molecule is CN(C)S(=O)(=O)c1ccccc1S(=O)(=O)NCCN. The molecule has 0 bridgehead atoms. The first-order valence-corrected chi connectivity index (χ1v) is 8.37. The lowest BCUT2D eigenvalue weighted by molar-refractivity contribution is 0.516. The van der Waals surface area contributed by atoms with Gasteiger partial charge in [-0.2, -0.15) is 0 Å². The molecule has 0 aromatic heterocycles. The van der Waals surface area contributed by atoms with Crippen molar-refractivity contribution in [1.29, 1.82) is 0 Å². The molecule has 0 fully saturated rings. The van der Waals surface area contributed by atoms with Crippen LogP contribution in [0.5, 0.6) is 0 Å². The number of sulfonamides is 2. The van der Waals surface area contributed by atoms with Gasteiger partial charge < -0.3 is 5.73 Å². The third-order valence-corrected chi connectivity index (χ3v) is 5.86. The average molecular weight is 307 g/mol. The third-order valence-electron chi connectivity index (χ3n) is 2.33. The molecular formula is C10H17N3O4S2. The highest BCUT2D eigenvalue weighted by atomic mass is 32.2. The van der Waals surface area contributed by atoms with Gasteiger partial charge in [0.05, 0.1) is 0 Å². The highest BCUT2D eigenvalue weighted by molar-refractivity contribution is 7.92. The second-order valence-corrected chi connectivity index (χ2v) is 7.78. The van der Waals surface area contributed by atoms with E-state index < -0.39 is 20.0 Å². The van der Waals surface area contributed by atoms with Crippen molar-refractivity contribution in [3.63, 3.8) is 0 Å². The van der Waals surface area contributed by atoms with Gasteiger partial charge >= 0.3 is 0 Å². The highest BCUT2D eigenvalue weighted by Gasteiger charge is 2.27. The zero-order chi connectivity index (χ0) is 14.7. The van der Waals surface area contributed by atoms with E-state index in [9.17, 15) is 16.8 Å². The Balaban J connectivity index is 3.40. The Morgan fingerprint density at radius 1 is 1.11 bits per heavy atom. The summed E-state index contributed by atoms with van der Waals surface area (Å²) in [5, 5.41) is 0. The van der Waals surface area contributed by atoms with Crippen molar-refractivity contribution in [2.45, 2.75) is 9.79 Å². The molecule has 0 saturated carbocycles. The van der Waals surface area contributed by atoms with Crippen LogP contribution < -0.4 is 10.5 Å². The predicted molar refractivity (Wildman–Crippen MR) is 71.6 cm³/mol. The fraction of sp³-hybridized carbons (Fsp3) is 0.400. The molecule has 9 heteroatoms. The standard InChI is InChI=1S/C10H17N3O4S2/c1-13(2)19(16,17)10-6-4-3-5-9(10)18(14,15)12-8-7-11/h3-6,12H,7-8,11H2,1-2H3. The van der Waals surface area contributed by atoms with Crippen molar-refractivity contribution in [3.05, 3.63) is 24.3 Å². The molecule has 0 amide bonds. The zero-order valence-electron chi connectivity index (χ0n) is 10.7. The molecule has 0 radical (unpaired) electrons. The van der Waals surface area contributed by atoms with Crippen LogP contribution in [-0.4, -0.2) is 48.3 Å². The van der Waals surface area contributed by atoms with E-state index in [1.165, 1.54) is 38.4 Å². The van der Waals surface area contributed by atoms with Gasteiger partial charge in [0.2, 0.25) is 20.0 Å². The number of nitrogens with one attached hydrogen (secondary N) is 1. The van der Waals surface area contributed by atoms with Crippen molar-refractivity contribution in [2.24, 2.45) is 5.73 Å². The lowest BCUT2D eigenvalue weighted by Crippen LogP contribution is -2.31. The number of hydrogen-bond acceptors (Lipinski definition) is 5. The van der Waals surface area contributed by atoms with E-state index in [1.807, 2.05) is 0 Å². The monoisotopic (exact) mass is 307 g/mol. The molecule has 1 aromatic carbocycles. The summed E-state index contributed by atoms with van der Waals surface area (Å²) < 4.78 is 51.4. The highest BCUT2D eigenvalue weighted by Crippen LogP contribution is 2.22. The maximum absolute atomic E-state index is 12.1. The van der Waals surface area contributed by atoms with E-state index >= 15 is 0 Å². The van der Waals surface area contributed by atoms with Crippen molar-refractivity contribution in [1.82, 2.24) is 9.03 Å². The Labute approximate surface area is 113 Å². The van der Waals surface area contributed by atoms with Gasteiger partial charge in [-0.15, -0.1) is 0 Å². The maximum atomic E-state index is 12.1. The summed E-state index contributed by atoms with van der Waals surface area (Å²) in [6, 6.07) is 5.44. The summed E-state index contributed by atoms with van der Waals surface area (Å²) in [6.07, 6.45) is 0. The molecule has 3 N–H and O–H groups in total. The van der Waals surface area contributed by atoms with Gasteiger partial charge in [0, 0.05) is 27.2 Å². The van der Waals surface area contributed by atoms with E-state index in [2.05, 4.69) is 4.72 Å². The number of nitrogens with zero attached hydrogens (tertiary/aromatic N) is 1. The summed E-state index contributed by atoms with van der Waals surface area (Å²) in [5.74, 6) is 0. The quantitative estimate of drug-likeness (QED) is 0.713. The topological polar surface area (TPSA) is 110 Å². The Morgan fingerprint density at radius 3 is 2.11 bits per heavy atom. The number of hydrogen-bond donors (Lipinski definition) is 2. The molecule has 0 saturated heterocycles. The lowest BCUT2D eigenvalue weighted by Gasteiger charge is -2.15. The fourth-order valence-electron chi connectivity index (χ4n) is 1.35. The second-order valence-electron chi connectivity index (χ2n) is 3.92. The molecule has 0 aliphatic heterocycles. The summed E-state index contributed by atoms with van der Waals surface area (Å²) in [7, 11) is -5.06. The van der Waals surface area contributed by atoms with Gasteiger partial charge in [-0.25, -0.2) is 25.9 Å². The molecule has 1 aromatic rings. The Kier molecular flexibility index (Phi) is 5.04. The summed E-state index contributed by atoms with van der Waals surface area (Å²) in [6.45, 7) is 0.167. The molecule has 7 nitrogen and oxygen atoms in total. The Morgan fingerprint density at radius 2 is 1.63 bits per heavy atom. The minimum absolute atomic E-state index is 0.0404. The summed E-state index contributed by atoms with van der Waals surface area (Å²) in [4.78, 5) is -0.540.